The first-order chi connectivity index (χ1) is 12.5. The molecule has 6 atom stereocenters. The molecule has 1 aromatic rings. The molecule has 26 heavy (non-hydrogen) atoms. The largest absolute Gasteiger partial charge is 0.476 e. The molecule has 0 aliphatic carbocycles. The van der Waals surface area contributed by atoms with Crippen LogP contribution in [0.3, 0.4) is 0 Å². The number of nitrogens with one attached hydrogen (secondary N) is 1. The number of piperidine rings is 2. The second kappa shape index (κ2) is 4.12. The molecule has 0 radical (unpaired) electrons. The average Bonchev–Trinajstić information content (AvgIpc) is 3.26. The maximum absolute atomic E-state index is 13.1. The minimum atomic E-state index is -0.893. The Morgan fingerprint density at radius 3 is 2.88 bits per heavy atom. The van der Waals surface area contributed by atoms with Crippen molar-refractivity contribution in [2.75, 3.05) is 25.5 Å². The highest BCUT2D eigenvalue weighted by Crippen LogP contribution is 2.81. The topological polar surface area (TPSA) is 58.6 Å². The highest BCUT2D eigenvalue weighted by atomic mass is 16.5. The zero-order valence-corrected chi connectivity index (χ0v) is 15.5. The molecule has 0 saturated carbocycles. The standard InChI is InChI=1S/C21H26N2O3/c1-3-18-9-6-11-23-12-10-19(16(18)23)14-7-4-5-8-15(14)22-21(19,26-2)20(23,13-18)17(24)25/h4-5,7-8,16,22H,3,6,9-13H2,1-2H3/p+1/t16-,18-,19+,20+,21-,23?/m0/s1. The number of rotatable bonds is 3. The van der Waals surface area contributed by atoms with E-state index in [2.05, 4.69) is 30.4 Å². The Balaban J connectivity index is 1.76. The van der Waals surface area contributed by atoms with E-state index in [9.17, 15) is 9.90 Å². The fraction of sp³-hybridized carbons (Fsp3) is 0.667. The van der Waals surface area contributed by atoms with Gasteiger partial charge < -0.3 is 19.6 Å². The monoisotopic (exact) mass is 355 g/mol. The molecule has 1 spiro atoms. The van der Waals surface area contributed by atoms with Crippen LogP contribution in [0.15, 0.2) is 24.3 Å². The maximum Gasteiger partial charge on any atom is 0.371 e. The minimum Gasteiger partial charge on any atom is -0.476 e. The Morgan fingerprint density at radius 2 is 2.15 bits per heavy atom. The number of para-hydroxylation sites is 1. The van der Waals surface area contributed by atoms with Gasteiger partial charge in [0, 0.05) is 31.1 Å². The van der Waals surface area contributed by atoms with Crippen LogP contribution in [-0.2, 0) is 14.9 Å². The van der Waals surface area contributed by atoms with Gasteiger partial charge in [0.15, 0.2) is 0 Å². The van der Waals surface area contributed by atoms with Gasteiger partial charge in [0.05, 0.1) is 13.1 Å². The smallest absolute Gasteiger partial charge is 0.371 e. The third-order valence-corrected chi connectivity index (χ3v) is 9.34. The van der Waals surface area contributed by atoms with Crippen molar-refractivity contribution in [1.82, 2.24) is 0 Å². The molecule has 5 heterocycles. The fourth-order valence-corrected chi connectivity index (χ4v) is 9.00. The molecule has 1 aromatic carbocycles. The van der Waals surface area contributed by atoms with Crippen molar-refractivity contribution in [2.45, 2.75) is 61.7 Å². The van der Waals surface area contributed by atoms with Gasteiger partial charge >= 0.3 is 5.97 Å². The summed E-state index contributed by atoms with van der Waals surface area (Å²) < 4.78 is 7.05. The van der Waals surface area contributed by atoms with Crippen LogP contribution in [0.4, 0.5) is 5.69 Å². The molecule has 6 rings (SSSR count). The van der Waals surface area contributed by atoms with E-state index in [-0.39, 0.29) is 10.8 Å². The summed E-state index contributed by atoms with van der Waals surface area (Å²) in [5.74, 6) is -0.663. The number of aliphatic carboxylic acids is 1. The molecule has 5 nitrogen and oxygen atoms in total. The van der Waals surface area contributed by atoms with Crippen LogP contribution < -0.4 is 5.32 Å². The quantitative estimate of drug-likeness (QED) is 0.819. The van der Waals surface area contributed by atoms with Crippen molar-refractivity contribution in [3.05, 3.63) is 29.8 Å². The summed E-state index contributed by atoms with van der Waals surface area (Å²) in [5, 5.41) is 14.4. The van der Waals surface area contributed by atoms with Gasteiger partial charge in [-0.05, 0) is 30.9 Å². The number of benzene rings is 1. The molecule has 5 aliphatic heterocycles. The van der Waals surface area contributed by atoms with Crippen LogP contribution >= 0.6 is 0 Å². The summed E-state index contributed by atoms with van der Waals surface area (Å²) in [5.41, 5.74) is 0.545. The van der Waals surface area contributed by atoms with Crippen LogP contribution in [-0.4, -0.2) is 53.1 Å². The molecule has 4 fully saturated rings. The number of fused-ring (bicyclic) bond motifs is 2. The van der Waals surface area contributed by atoms with Gasteiger partial charge in [-0.25, -0.2) is 4.79 Å². The fourth-order valence-electron chi connectivity index (χ4n) is 9.00. The van der Waals surface area contributed by atoms with Crippen molar-refractivity contribution in [1.29, 1.82) is 0 Å². The van der Waals surface area contributed by atoms with E-state index in [1.165, 1.54) is 5.56 Å². The summed E-state index contributed by atoms with van der Waals surface area (Å²) in [7, 11) is 1.73. The van der Waals surface area contributed by atoms with Crippen molar-refractivity contribution >= 4 is 11.7 Å². The zero-order chi connectivity index (χ0) is 18.0. The number of methoxy groups -OCH3 is 1. The molecule has 0 aromatic heterocycles. The Labute approximate surface area is 153 Å². The Bertz CT molecular complexity index is 857. The lowest BCUT2D eigenvalue weighted by atomic mass is 9.50. The number of carboxylic acids is 1. The van der Waals surface area contributed by atoms with Gasteiger partial charge in [-0.2, -0.15) is 0 Å². The van der Waals surface area contributed by atoms with Crippen LogP contribution in [0.25, 0.3) is 0 Å². The van der Waals surface area contributed by atoms with Crippen LogP contribution in [0.1, 0.15) is 44.6 Å². The average molecular weight is 355 g/mol. The highest BCUT2D eigenvalue weighted by Gasteiger charge is 2.99. The Kier molecular flexibility index (Phi) is 2.45. The number of carbonyl (C=O) groups is 1. The van der Waals surface area contributed by atoms with Gasteiger partial charge in [0.2, 0.25) is 11.3 Å². The first kappa shape index (κ1) is 15.5. The number of quaternary nitrogens is 1. The van der Waals surface area contributed by atoms with E-state index in [1.807, 2.05) is 6.07 Å². The van der Waals surface area contributed by atoms with Crippen molar-refractivity contribution < 1.29 is 19.1 Å². The predicted molar refractivity (Wildman–Crippen MR) is 96.8 cm³/mol. The van der Waals surface area contributed by atoms with Gasteiger partial charge in [0.1, 0.15) is 11.5 Å². The molecule has 5 aliphatic rings. The van der Waals surface area contributed by atoms with Gasteiger partial charge in [0.25, 0.3) is 0 Å². The van der Waals surface area contributed by atoms with E-state index in [0.717, 1.165) is 55.4 Å². The van der Waals surface area contributed by atoms with E-state index >= 15 is 0 Å². The lowest BCUT2D eigenvalue weighted by Gasteiger charge is -2.53. The lowest BCUT2D eigenvalue weighted by molar-refractivity contribution is -0.966. The minimum absolute atomic E-state index is 0.119. The molecule has 4 saturated heterocycles. The first-order valence-electron chi connectivity index (χ1n) is 10.0. The number of carboxylic acid groups (broad SMARTS) is 1. The number of hydrogen-bond acceptors (Lipinski definition) is 3. The molecule has 138 valence electrons. The van der Waals surface area contributed by atoms with Gasteiger partial charge in [-0.15, -0.1) is 0 Å². The molecule has 2 N–H and O–H groups in total. The second-order valence-corrected chi connectivity index (χ2v) is 9.32. The summed E-state index contributed by atoms with van der Waals surface area (Å²) in [6.45, 7) is 4.23. The third-order valence-electron chi connectivity index (χ3n) is 9.34. The zero-order valence-electron chi connectivity index (χ0n) is 15.5. The summed E-state index contributed by atoms with van der Waals surface area (Å²) in [4.78, 5) is 13.1. The Morgan fingerprint density at radius 1 is 1.35 bits per heavy atom. The third kappa shape index (κ3) is 1.06. The number of hydrogen-bond donors (Lipinski definition) is 2. The van der Waals surface area contributed by atoms with E-state index in [4.69, 9.17) is 4.74 Å². The SMILES string of the molecule is CC[C@]12CCC[N+]34CC[C@@]5(c6ccccc6N[C@@]5(OC)[C@]3(C(=O)O)C1)[C@H]24. The molecular formula is C21H27N2O3+. The summed E-state index contributed by atoms with van der Waals surface area (Å²) in [6.07, 6.45) is 5.12. The maximum atomic E-state index is 13.1. The van der Waals surface area contributed by atoms with Crippen LogP contribution in [0.2, 0.25) is 0 Å². The summed E-state index contributed by atoms with van der Waals surface area (Å²) in [6, 6.07) is 8.82. The second-order valence-electron chi connectivity index (χ2n) is 9.32. The van der Waals surface area contributed by atoms with Crippen molar-refractivity contribution in [3.8, 4) is 0 Å². The van der Waals surface area contributed by atoms with Crippen LogP contribution in [0.5, 0.6) is 0 Å². The van der Waals surface area contributed by atoms with E-state index in [1.54, 1.807) is 7.11 Å². The van der Waals surface area contributed by atoms with E-state index in [0.29, 0.717) is 6.04 Å². The van der Waals surface area contributed by atoms with Gasteiger partial charge in [-0.3, -0.25) is 0 Å². The number of anilines is 1. The normalized spacial score (nSPS) is 51.8. The predicted octanol–water partition coefficient (Wildman–Crippen LogP) is 2.71. The molecular weight excluding hydrogens is 328 g/mol. The summed E-state index contributed by atoms with van der Waals surface area (Å²) >= 11 is 0. The number of nitrogens with zero attached hydrogens (tertiary/aromatic N) is 1. The Hall–Kier alpha value is -1.59. The molecule has 5 heteroatoms. The lowest BCUT2D eigenvalue weighted by Crippen LogP contribution is -2.77. The van der Waals surface area contributed by atoms with Crippen molar-refractivity contribution in [3.63, 3.8) is 0 Å². The van der Waals surface area contributed by atoms with E-state index < -0.39 is 17.2 Å². The highest BCUT2D eigenvalue weighted by molar-refractivity contribution is 5.86. The number of ether oxygens (including phenoxy) is 1. The van der Waals surface area contributed by atoms with Crippen molar-refractivity contribution in [2.24, 2.45) is 5.41 Å². The van der Waals surface area contributed by atoms with Gasteiger partial charge in [-0.1, -0.05) is 25.1 Å². The molecule has 5 bridgehead atoms. The molecule has 0 amide bonds. The van der Waals surface area contributed by atoms with Crippen LogP contribution in [0, 0.1) is 5.41 Å². The molecule has 1 unspecified atom stereocenters. The first-order valence-corrected chi connectivity index (χ1v) is 10.0.